The lowest BCUT2D eigenvalue weighted by Gasteiger charge is -2.36. The third-order valence-electron chi connectivity index (χ3n) is 3.91. The van der Waals surface area contributed by atoms with E-state index in [1.54, 1.807) is 26.0 Å². The highest BCUT2D eigenvalue weighted by molar-refractivity contribution is 5.74. The van der Waals surface area contributed by atoms with Crippen LogP contribution in [0, 0.1) is 12.7 Å². The van der Waals surface area contributed by atoms with Crippen molar-refractivity contribution in [1.29, 1.82) is 0 Å². The monoisotopic (exact) mass is 280 g/mol. The summed E-state index contributed by atoms with van der Waals surface area (Å²) in [4.78, 5) is 11.7. The van der Waals surface area contributed by atoms with E-state index in [2.05, 4.69) is 10.6 Å². The Hall–Kier alpha value is -1.62. The number of urea groups is 1. The Kier molecular flexibility index (Phi) is 4.28. The van der Waals surface area contributed by atoms with Crippen molar-refractivity contribution in [2.75, 3.05) is 6.54 Å². The molecule has 0 bridgehead atoms. The largest absolute Gasteiger partial charge is 0.388 e. The molecule has 2 rings (SSSR count). The van der Waals surface area contributed by atoms with Gasteiger partial charge >= 0.3 is 6.03 Å². The quantitative estimate of drug-likeness (QED) is 0.793. The van der Waals surface area contributed by atoms with Crippen LogP contribution >= 0.6 is 0 Å². The lowest BCUT2D eigenvalue weighted by atomic mass is 9.80. The first kappa shape index (κ1) is 14.8. The fourth-order valence-electron chi connectivity index (χ4n) is 2.22. The minimum Gasteiger partial charge on any atom is -0.388 e. The SMILES string of the molecule is Cc1ccc(C(C)NC(=O)NCC2(O)CCC2)cc1F. The van der Waals surface area contributed by atoms with Gasteiger partial charge in [-0.15, -0.1) is 0 Å². The maximum Gasteiger partial charge on any atom is 0.315 e. The minimum atomic E-state index is -0.740. The van der Waals surface area contributed by atoms with Gasteiger partial charge < -0.3 is 15.7 Å². The number of halogens is 1. The third kappa shape index (κ3) is 3.48. The lowest BCUT2D eigenvalue weighted by molar-refractivity contribution is -0.0290. The zero-order valence-electron chi connectivity index (χ0n) is 11.9. The second kappa shape index (κ2) is 5.79. The molecule has 0 radical (unpaired) electrons. The zero-order valence-corrected chi connectivity index (χ0v) is 11.9. The number of amides is 2. The Bertz CT molecular complexity index is 501. The first-order valence-corrected chi connectivity index (χ1v) is 6.92. The highest BCUT2D eigenvalue weighted by Gasteiger charge is 2.34. The second-order valence-corrected chi connectivity index (χ2v) is 5.64. The van der Waals surface area contributed by atoms with Crippen LogP contribution in [0.25, 0.3) is 0 Å². The van der Waals surface area contributed by atoms with Crippen molar-refractivity contribution in [1.82, 2.24) is 10.6 Å². The maximum atomic E-state index is 13.5. The highest BCUT2D eigenvalue weighted by atomic mass is 19.1. The smallest absolute Gasteiger partial charge is 0.315 e. The molecule has 0 aromatic heterocycles. The number of hydrogen-bond donors (Lipinski definition) is 3. The summed E-state index contributed by atoms with van der Waals surface area (Å²) in [5.41, 5.74) is 0.555. The van der Waals surface area contributed by atoms with Crippen molar-refractivity contribution in [2.24, 2.45) is 0 Å². The second-order valence-electron chi connectivity index (χ2n) is 5.64. The fourth-order valence-corrected chi connectivity index (χ4v) is 2.22. The Balaban J connectivity index is 1.85. The fraction of sp³-hybridized carbons (Fsp3) is 0.533. The van der Waals surface area contributed by atoms with Gasteiger partial charge in [0.2, 0.25) is 0 Å². The van der Waals surface area contributed by atoms with Crippen molar-refractivity contribution < 1.29 is 14.3 Å². The van der Waals surface area contributed by atoms with Crippen molar-refractivity contribution in [2.45, 2.75) is 44.8 Å². The summed E-state index contributed by atoms with van der Waals surface area (Å²) < 4.78 is 13.5. The van der Waals surface area contributed by atoms with E-state index in [9.17, 15) is 14.3 Å². The maximum absolute atomic E-state index is 13.5. The summed E-state index contributed by atoms with van der Waals surface area (Å²) in [6, 6.07) is 4.28. The van der Waals surface area contributed by atoms with Gasteiger partial charge in [-0.1, -0.05) is 12.1 Å². The van der Waals surface area contributed by atoms with Crippen LogP contribution in [-0.2, 0) is 0 Å². The van der Waals surface area contributed by atoms with Crippen LogP contribution in [-0.4, -0.2) is 23.3 Å². The van der Waals surface area contributed by atoms with E-state index in [0.717, 1.165) is 19.3 Å². The minimum absolute atomic E-state index is 0.258. The summed E-state index contributed by atoms with van der Waals surface area (Å²) >= 11 is 0. The molecule has 1 aliphatic rings. The van der Waals surface area contributed by atoms with Crippen LogP contribution < -0.4 is 10.6 Å². The van der Waals surface area contributed by atoms with E-state index >= 15 is 0 Å². The van der Waals surface area contributed by atoms with Gasteiger partial charge in [-0.25, -0.2) is 9.18 Å². The number of aryl methyl sites for hydroxylation is 1. The zero-order chi connectivity index (χ0) is 14.8. The van der Waals surface area contributed by atoms with Crippen LogP contribution in [0.5, 0.6) is 0 Å². The van der Waals surface area contributed by atoms with Crippen LogP contribution in [0.3, 0.4) is 0 Å². The molecule has 1 fully saturated rings. The van der Waals surface area contributed by atoms with E-state index in [1.165, 1.54) is 6.07 Å². The van der Waals surface area contributed by atoms with Gasteiger partial charge in [0.15, 0.2) is 0 Å². The van der Waals surface area contributed by atoms with E-state index in [1.807, 2.05) is 0 Å². The summed E-state index contributed by atoms with van der Waals surface area (Å²) in [5.74, 6) is -0.277. The molecule has 3 N–H and O–H groups in total. The van der Waals surface area contributed by atoms with Crippen molar-refractivity contribution in [3.05, 3.63) is 35.1 Å². The van der Waals surface area contributed by atoms with E-state index < -0.39 is 5.60 Å². The number of carbonyl (C=O) groups is 1. The van der Waals surface area contributed by atoms with Gasteiger partial charge in [0, 0.05) is 6.54 Å². The molecule has 110 valence electrons. The molecule has 1 aromatic carbocycles. The molecule has 2 amide bonds. The number of nitrogens with one attached hydrogen (secondary N) is 2. The molecule has 1 aromatic rings. The summed E-state index contributed by atoms with van der Waals surface area (Å²) in [6.45, 7) is 3.75. The molecular weight excluding hydrogens is 259 g/mol. The molecule has 0 aliphatic heterocycles. The van der Waals surface area contributed by atoms with Crippen LogP contribution in [0.4, 0.5) is 9.18 Å². The summed E-state index contributed by atoms with van der Waals surface area (Å²) in [5, 5.41) is 15.3. The Morgan fingerprint density at radius 1 is 1.50 bits per heavy atom. The summed E-state index contributed by atoms with van der Waals surface area (Å²) in [7, 11) is 0. The average molecular weight is 280 g/mol. The predicted molar refractivity (Wildman–Crippen MR) is 74.9 cm³/mol. The van der Waals surface area contributed by atoms with Crippen molar-refractivity contribution in [3.8, 4) is 0 Å². The number of hydrogen-bond acceptors (Lipinski definition) is 2. The van der Waals surface area contributed by atoms with Crippen molar-refractivity contribution >= 4 is 6.03 Å². The van der Waals surface area contributed by atoms with Gasteiger partial charge in [-0.3, -0.25) is 0 Å². The molecule has 5 heteroatoms. The first-order valence-electron chi connectivity index (χ1n) is 6.92. The number of aliphatic hydroxyl groups is 1. The molecular formula is C15H21FN2O2. The molecule has 0 spiro atoms. The Labute approximate surface area is 118 Å². The Morgan fingerprint density at radius 3 is 2.75 bits per heavy atom. The number of carbonyl (C=O) groups excluding carboxylic acids is 1. The lowest BCUT2D eigenvalue weighted by Crippen LogP contribution is -2.50. The van der Waals surface area contributed by atoms with E-state index in [4.69, 9.17) is 0 Å². The topological polar surface area (TPSA) is 61.4 Å². The number of benzene rings is 1. The normalized spacial score (nSPS) is 18.0. The average Bonchev–Trinajstić information content (AvgIpc) is 2.37. The van der Waals surface area contributed by atoms with Gasteiger partial charge in [0.1, 0.15) is 5.82 Å². The molecule has 0 heterocycles. The molecule has 20 heavy (non-hydrogen) atoms. The van der Waals surface area contributed by atoms with E-state index in [-0.39, 0.29) is 24.4 Å². The van der Waals surface area contributed by atoms with Gasteiger partial charge in [0.25, 0.3) is 0 Å². The van der Waals surface area contributed by atoms with Gasteiger partial charge in [0.05, 0.1) is 11.6 Å². The van der Waals surface area contributed by atoms with Gasteiger partial charge in [-0.2, -0.15) is 0 Å². The predicted octanol–water partition coefficient (Wildman–Crippen LogP) is 2.41. The Morgan fingerprint density at radius 2 is 2.20 bits per heavy atom. The third-order valence-corrected chi connectivity index (χ3v) is 3.91. The van der Waals surface area contributed by atoms with Gasteiger partial charge in [-0.05, 0) is 50.3 Å². The number of rotatable bonds is 4. The molecule has 1 unspecified atom stereocenters. The molecule has 1 atom stereocenters. The van der Waals surface area contributed by atoms with Crippen molar-refractivity contribution in [3.63, 3.8) is 0 Å². The molecule has 1 aliphatic carbocycles. The van der Waals surface area contributed by atoms with Crippen LogP contribution in [0.15, 0.2) is 18.2 Å². The standard InChI is InChI=1S/C15H21FN2O2/c1-10-4-5-12(8-13(10)16)11(2)18-14(19)17-9-15(20)6-3-7-15/h4-5,8,11,20H,3,6-7,9H2,1-2H3,(H2,17,18,19). The highest BCUT2D eigenvalue weighted by Crippen LogP contribution is 2.30. The van der Waals surface area contributed by atoms with E-state index in [0.29, 0.717) is 11.1 Å². The molecule has 0 saturated heterocycles. The molecule has 1 saturated carbocycles. The summed E-state index contributed by atoms with van der Waals surface area (Å²) in [6.07, 6.45) is 2.46. The molecule has 4 nitrogen and oxygen atoms in total. The van der Waals surface area contributed by atoms with Crippen LogP contribution in [0.2, 0.25) is 0 Å². The first-order chi connectivity index (χ1) is 9.39. The van der Waals surface area contributed by atoms with Crippen LogP contribution in [0.1, 0.15) is 43.4 Å².